The number of nitrogens with zero attached hydrogens (tertiary/aromatic N) is 3. The molecule has 8 heteroatoms. The maximum Gasteiger partial charge on any atom is 0.423 e. The lowest BCUT2D eigenvalue weighted by Gasteiger charge is -2.05. The molecule has 0 fully saturated rings. The molecule has 0 saturated heterocycles. The molecule has 2 aromatic carbocycles. The Kier molecular flexibility index (Phi) is 4.03. The highest BCUT2D eigenvalue weighted by molar-refractivity contribution is 5.99. The van der Waals surface area contributed by atoms with E-state index >= 15 is 0 Å². The van der Waals surface area contributed by atoms with Crippen LogP contribution in [0.2, 0.25) is 0 Å². The van der Waals surface area contributed by atoms with E-state index in [0.29, 0.717) is 22.7 Å². The van der Waals surface area contributed by atoms with Crippen molar-refractivity contribution in [2.75, 3.05) is 0 Å². The Hall–Kier alpha value is -4.46. The largest absolute Gasteiger partial charge is 0.508 e. The Balaban J connectivity index is 1.80. The van der Waals surface area contributed by atoms with Gasteiger partial charge in [-0.05, 0) is 48.0 Å². The molecule has 8 nitrogen and oxygen atoms in total. The lowest BCUT2D eigenvalue weighted by molar-refractivity contribution is 0.450. The molecule has 0 aliphatic carbocycles. The molecule has 0 atom stereocenters. The summed E-state index contributed by atoms with van der Waals surface area (Å²) < 4.78 is 12.0. The highest BCUT2D eigenvalue weighted by Crippen LogP contribution is 2.27. The van der Waals surface area contributed by atoms with E-state index < -0.39 is 11.3 Å². The lowest BCUT2D eigenvalue weighted by atomic mass is 10.2. The highest BCUT2D eigenvalue weighted by atomic mass is 16.5. The normalized spacial score (nSPS) is 11.6. The molecule has 146 valence electrons. The van der Waals surface area contributed by atoms with Gasteiger partial charge in [0, 0.05) is 6.20 Å². The summed E-state index contributed by atoms with van der Waals surface area (Å²) in [6.45, 7) is 0. The number of phenolic OH excluding ortho intramolecular Hbond substituents is 1. The molecule has 0 saturated carbocycles. The van der Waals surface area contributed by atoms with E-state index in [4.69, 9.17) is 8.83 Å². The average molecular weight is 399 g/mol. The summed E-state index contributed by atoms with van der Waals surface area (Å²) in [5.74, 6) is 1.27. The average Bonchev–Trinajstić information content (AvgIpc) is 3.13. The molecule has 0 aliphatic rings. The van der Waals surface area contributed by atoms with Gasteiger partial charge in [-0.1, -0.05) is 24.3 Å². The fourth-order valence-electron chi connectivity index (χ4n) is 3.21. The first-order chi connectivity index (χ1) is 14.6. The third-order valence-electron chi connectivity index (χ3n) is 4.51. The number of aromatic nitrogens is 3. The van der Waals surface area contributed by atoms with E-state index in [9.17, 15) is 14.7 Å². The summed E-state index contributed by atoms with van der Waals surface area (Å²) in [5.41, 5.74) is -0.213. The Labute approximate surface area is 168 Å². The van der Waals surface area contributed by atoms with Crippen LogP contribution < -0.4 is 11.3 Å². The number of pyridine rings is 1. The molecule has 0 amide bonds. The molecule has 0 unspecified atom stereocenters. The predicted molar refractivity (Wildman–Crippen MR) is 110 cm³/mol. The molecular formula is C22H13N3O5. The zero-order valence-corrected chi connectivity index (χ0v) is 15.4. The van der Waals surface area contributed by atoms with E-state index in [0.717, 1.165) is 5.56 Å². The molecule has 0 aliphatic heterocycles. The van der Waals surface area contributed by atoms with Crippen LogP contribution in [-0.2, 0) is 0 Å². The second-order valence-corrected chi connectivity index (χ2v) is 6.46. The number of hydrogen-bond donors (Lipinski definition) is 1. The van der Waals surface area contributed by atoms with E-state index in [1.54, 1.807) is 59.3 Å². The third kappa shape index (κ3) is 2.96. The number of phenols is 1. The highest BCUT2D eigenvalue weighted by Gasteiger charge is 2.17. The quantitative estimate of drug-likeness (QED) is 0.463. The first-order valence-corrected chi connectivity index (χ1v) is 8.98. The van der Waals surface area contributed by atoms with Crippen molar-refractivity contribution in [3.8, 4) is 11.6 Å². The van der Waals surface area contributed by atoms with Crippen molar-refractivity contribution in [2.24, 2.45) is 0 Å². The Morgan fingerprint density at radius 2 is 1.80 bits per heavy atom. The van der Waals surface area contributed by atoms with Gasteiger partial charge in [-0.15, -0.1) is 0 Å². The summed E-state index contributed by atoms with van der Waals surface area (Å²) in [5, 5.41) is 9.68. The molecule has 0 bridgehead atoms. The van der Waals surface area contributed by atoms with Gasteiger partial charge in [0.05, 0.1) is 5.52 Å². The number of aromatic hydroxyl groups is 1. The monoisotopic (exact) mass is 399 g/mol. The number of benzene rings is 2. The van der Waals surface area contributed by atoms with Gasteiger partial charge < -0.3 is 13.9 Å². The zero-order chi connectivity index (χ0) is 20.7. The minimum absolute atomic E-state index is 0.0822. The molecule has 3 heterocycles. The minimum atomic E-state index is -1.10. The summed E-state index contributed by atoms with van der Waals surface area (Å²) in [6, 6.07) is 15.5. The Morgan fingerprint density at radius 3 is 2.60 bits per heavy atom. The molecule has 5 rings (SSSR count). The SMILES string of the molecule is O=c1oc2ccc3c(nc(/C=C/c4cccc(O)c4)n3-c3ccccn3)c2oc1=O. The zero-order valence-electron chi connectivity index (χ0n) is 15.4. The number of fused-ring (bicyclic) bond motifs is 3. The van der Waals surface area contributed by atoms with E-state index in [1.807, 2.05) is 18.2 Å². The van der Waals surface area contributed by atoms with E-state index in [-0.39, 0.29) is 16.9 Å². The Bertz CT molecular complexity index is 1540. The van der Waals surface area contributed by atoms with Crippen molar-refractivity contribution in [3.63, 3.8) is 0 Å². The predicted octanol–water partition coefficient (Wildman–Crippen LogP) is 3.36. The van der Waals surface area contributed by atoms with Gasteiger partial charge >= 0.3 is 11.3 Å². The van der Waals surface area contributed by atoms with Crippen molar-refractivity contribution in [1.82, 2.24) is 14.5 Å². The van der Waals surface area contributed by atoms with E-state index in [1.165, 1.54) is 0 Å². The van der Waals surface area contributed by atoms with Gasteiger partial charge in [0.2, 0.25) is 5.58 Å². The summed E-state index contributed by atoms with van der Waals surface area (Å²) in [4.78, 5) is 32.2. The van der Waals surface area contributed by atoms with Crippen LogP contribution in [0.1, 0.15) is 11.4 Å². The van der Waals surface area contributed by atoms with Crippen molar-refractivity contribution in [2.45, 2.75) is 0 Å². The standard InChI is InChI=1S/C22H13N3O5/c26-14-5-3-4-13(12-14)7-10-18-24-19-15(25(18)17-6-1-2-11-23-17)8-9-16-20(19)30-22(28)21(27)29-16/h1-12,26H/b10-7+. The first kappa shape index (κ1) is 17.6. The number of imidazole rings is 1. The molecule has 0 spiro atoms. The van der Waals surface area contributed by atoms with Gasteiger partial charge in [0.1, 0.15) is 22.9 Å². The minimum Gasteiger partial charge on any atom is -0.508 e. The van der Waals surface area contributed by atoms with Crippen LogP contribution in [0.4, 0.5) is 0 Å². The molecule has 30 heavy (non-hydrogen) atoms. The summed E-state index contributed by atoms with van der Waals surface area (Å²) >= 11 is 0. The third-order valence-corrected chi connectivity index (χ3v) is 4.51. The molecule has 1 N–H and O–H groups in total. The summed E-state index contributed by atoms with van der Waals surface area (Å²) in [6.07, 6.45) is 5.20. The van der Waals surface area contributed by atoms with Gasteiger partial charge in [-0.2, -0.15) is 0 Å². The molecule has 0 radical (unpaired) electrons. The number of rotatable bonds is 3. The topological polar surface area (TPSA) is 111 Å². The van der Waals surface area contributed by atoms with Crippen molar-refractivity contribution in [1.29, 1.82) is 0 Å². The van der Waals surface area contributed by atoms with Crippen LogP contribution in [-0.4, -0.2) is 19.6 Å². The van der Waals surface area contributed by atoms with Crippen LogP contribution >= 0.6 is 0 Å². The van der Waals surface area contributed by atoms with Crippen molar-refractivity contribution < 1.29 is 13.9 Å². The lowest BCUT2D eigenvalue weighted by Crippen LogP contribution is -2.20. The van der Waals surface area contributed by atoms with Crippen LogP contribution in [0.15, 0.2) is 79.2 Å². The molecule has 3 aromatic heterocycles. The second kappa shape index (κ2) is 6.85. The van der Waals surface area contributed by atoms with Crippen LogP contribution in [0.25, 0.3) is 40.2 Å². The van der Waals surface area contributed by atoms with E-state index in [2.05, 4.69) is 9.97 Å². The van der Waals surface area contributed by atoms with Gasteiger partial charge in [0.15, 0.2) is 5.58 Å². The van der Waals surface area contributed by atoms with Gasteiger partial charge in [0.25, 0.3) is 0 Å². The first-order valence-electron chi connectivity index (χ1n) is 8.98. The van der Waals surface area contributed by atoms with Crippen molar-refractivity contribution >= 4 is 34.4 Å². The number of hydrogen-bond acceptors (Lipinski definition) is 7. The Morgan fingerprint density at radius 1 is 0.933 bits per heavy atom. The molecular weight excluding hydrogens is 386 g/mol. The van der Waals surface area contributed by atoms with Crippen LogP contribution in [0.3, 0.4) is 0 Å². The molecule has 5 aromatic rings. The second-order valence-electron chi connectivity index (χ2n) is 6.46. The van der Waals surface area contributed by atoms with Crippen molar-refractivity contribution in [3.05, 3.63) is 93.0 Å². The maximum absolute atomic E-state index is 11.7. The van der Waals surface area contributed by atoms with Gasteiger partial charge in [-0.3, -0.25) is 4.57 Å². The smallest absolute Gasteiger partial charge is 0.423 e. The van der Waals surface area contributed by atoms with Crippen LogP contribution in [0, 0.1) is 0 Å². The fraction of sp³-hybridized carbons (Fsp3) is 0. The maximum atomic E-state index is 11.7. The fourth-order valence-corrected chi connectivity index (χ4v) is 3.21. The van der Waals surface area contributed by atoms with Gasteiger partial charge in [-0.25, -0.2) is 19.6 Å². The van der Waals surface area contributed by atoms with Crippen LogP contribution in [0.5, 0.6) is 5.75 Å². The summed E-state index contributed by atoms with van der Waals surface area (Å²) in [7, 11) is 0.